The van der Waals surface area contributed by atoms with Gasteiger partial charge < -0.3 is 11.1 Å². The molecule has 0 bridgehead atoms. The number of carbonyl (C=O) groups excluding carboxylic acids is 1. The summed E-state index contributed by atoms with van der Waals surface area (Å²) in [5.41, 5.74) is 7.56. The van der Waals surface area contributed by atoms with Crippen molar-refractivity contribution in [1.29, 1.82) is 0 Å². The van der Waals surface area contributed by atoms with Gasteiger partial charge in [-0.25, -0.2) is 9.48 Å². The smallest absolute Gasteiger partial charge is 0.351 e. The number of rotatable bonds is 4. The number of nitrogens with zero attached hydrogens (tertiary/aromatic N) is 2. The van der Waals surface area contributed by atoms with Gasteiger partial charge in [-0.05, 0) is 53.6 Å². The van der Waals surface area contributed by atoms with Gasteiger partial charge in [-0.15, -0.1) is 0 Å². The molecule has 0 atom stereocenters. The number of aromatic nitrogens is 2. The summed E-state index contributed by atoms with van der Waals surface area (Å²) < 4.78 is 41.4. The summed E-state index contributed by atoms with van der Waals surface area (Å²) in [7, 11) is 0. The first-order chi connectivity index (χ1) is 15.2. The van der Waals surface area contributed by atoms with Crippen molar-refractivity contribution in [3.63, 3.8) is 0 Å². The lowest BCUT2D eigenvalue weighted by atomic mass is 10.0. The Kier molecular flexibility index (Phi) is 5.63. The van der Waals surface area contributed by atoms with Crippen LogP contribution in [0.15, 0.2) is 78.9 Å². The molecule has 0 aliphatic carbocycles. The number of halogens is 4. The van der Waals surface area contributed by atoms with Crippen molar-refractivity contribution in [2.24, 2.45) is 5.73 Å². The van der Waals surface area contributed by atoms with Crippen LogP contribution in [0, 0.1) is 0 Å². The number of hydrogen-bond acceptors (Lipinski definition) is 2. The molecule has 0 aliphatic rings. The lowest BCUT2D eigenvalue weighted by molar-refractivity contribution is -0.141. The Bertz CT molecular complexity index is 1250. The van der Waals surface area contributed by atoms with Crippen LogP contribution < -0.4 is 11.1 Å². The van der Waals surface area contributed by atoms with Crippen molar-refractivity contribution in [2.45, 2.75) is 6.18 Å². The van der Waals surface area contributed by atoms with Crippen LogP contribution in [0.4, 0.5) is 23.7 Å². The van der Waals surface area contributed by atoms with Crippen LogP contribution in [0.25, 0.3) is 28.1 Å². The zero-order chi connectivity index (χ0) is 22.9. The number of nitrogens with two attached hydrogens (primary N) is 1. The molecule has 3 N–H and O–H groups in total. The third-order valence-electron chi connectivity index (χ3n) is 4.74. The summed E-state index contributed by atoms with van der Waals surface area (Å²) in [6.07, 6.45) is -4.60. The third kappa shape index (κ3) is 4.60. The molecule has 0 fully saturated rings. The molecule has 0 radical (unpaired) electrons. The van der Waals surface area contributed by atoms with Gasteiger partial charge in [-0.1, -0.05) is 48.0 Å². The van der Waals surface area contributed by atoms with Crippen LogP contribution in [0.2, 0.25) is 5.02 Å². The molecule has 0 unspecified atom stereocenters. The van der Waals surface area contributed by atoms with E-state index in [1.807, 2.05) is 24.3 Å². The summed E-state index contributed by atoms with van der Waals surface area (Å²) in [5, 5.41) is 6.80. The standard InChI is InChI=1S/C23H16ClF3N4O/c24-17-7-5-15(6-8-17)14-1-3-16(4-2-14)20-13-21(23(25,26)27)30-31(20)19-11-9-18(10-12-19)29-22(28)32/h1-13H,(H3,28,29,32). The number of carbonyl (C=O) groups is 1. The number of hydrogen-bond donors (Lipinski definition) is 2. The summed E-state index contributed by atoms with van der Waals surface area (Å²) in [4.78, 5) is 11.0. The molecule has 0 saturated carbocycles. The predicted octanol–water partition coefficient (Wildman–Crippen LogP) is 6.37. The Labute approximate surface area is 186 Å². The van der Waals surface area contributed by atoms with Crippen molar-refractivity contribution >= 4 is 23.3 Å². The third-order valence-corrected chi connectivity index (χ3v) is 4.99. The second-order valence-electron chi connectivity index (χ2n) is 6.94. The molecule has 3 aromatic carbocycles. The van der Waals surface area contributed by atoms with Crippen molar-refractivity contribution in [3.05, 3.63) is 89.6 Å². The maximum absolute atomic E-state index is 13.4. The normalized spacial score (nSPS) is 11.4. The number of benzene rings is 3. The number of primary amides is 1. The molecule has 2 amide bonds. The second-order valence-corrected chi connectivity index (χ2v) is 7.38. The monoisotopic (exact) mass is 456 g/mol. The number of anilines is 1. The van der Waals surface area contributed by atoms with E-state index in [0.717, 1.165) is 17.2 Å². The summed E-state index contributed by atoms with van der Waals surface area (Å²) in [6.45, 7) is 0. The van der Waals surface area contributed by atoms with Gasteiger partial charge >= 0.3 is 12.2 Å². The summed E-state index contributed by atoms with van der Waals surface area (Å²) in [6, 6.07) is 20.8. The van der Waals surface area contributed by atoms with Crippen LogP contribution in [-0.4, -0.2) is 15.8 Å². The van der Waals surface area contributed by atoms with Crippen LogP contribution in [0.3, 0.4) is 0 Å². The van der Waals surface area contributed by atoms with Crippen LogP contribution in [-0.2, 0) is 6.18 Å². The second kappa shape index (κ2) is 8.39. The molecule has 5 nitrogen and oxygen atoms in total. The van der Waals surface area contributed by atoms with Crippen LogP contribution in [0.1, 0.15) is 5.69 Å². The molecule has 32 heavy (non-hydrogen) atoms. The van der Waals surface area contributed by atoms with Gasteiger partial charge in [0.25, 0.3) is 0 Å². The Morgan fingerprint density at radius 2 is 1.41 bits per heavy atom. The molecule has 0 saturated heterocycles. The van der Waals surface area contributed by atoms with Gasteiger partial charge in [0, 0.05) is 16.3 Å². The molecule has 1 aromatic heterocycles. The van der Waals surface area contributed by atoms with Crippen LogP contribution >= 0.6 is 11.6 Å². The Balaban J connectivity index is 1.74. The van der Waals surface area contributed by atoms with E-state index in [-0.39, 0.29) is 5.69 Å². The minimum Gasteiger partial charge on any atom is -0.351 e. The lowest BCUT2D eigenvalue weighted by Gasteiger charge is -2.10. The number of amides is 2. The van der Waals surface area contributed by atoms with E-state index in [9.17, 15) is 18.0 Å². The summed E-state index contributed by atoms with van der Waals surface area (Å²) in [5.74, 6) is 0. The Morgan fingerprint density at radius 1 is 0.875 bits per heavy atom. The fourth-order valence-corrected chi connectivity index (χ4v) is 3.35. The first-order valence-corrected chi connectivity index (χ1v) is 9.79. The van der Waals surface area contributed by atoms with Gasteiger partial charge in [0.1, 0.15) is 0 Å². The van der Waals surface area contributed by atoms with Crippen molar-refractivity contribution in [3.8, 4) is 28.1 Å². The zero-order valence-corrected chi connectivity index (χ0v) is 17.2. The molecular formula is C23H16ClF3N4O. The van der Waals surface area contributed by atoms with Crippen molar-refractivity contribution in [2.75, 3.05) is 5.32 Å². The molecule has 4 aromatic rings. The molecule has 1 heterocycles. The molecule has 4 rings (SSSR count). The Hall–Kier alpha value is -3.78. The van der Waals surface area contributed by atoms with Gasteiger partial charge in [0.15, 0.2) is 5.69 Å². The van der Waals surface area contributed by atoms with Crippen LogP contribution in [0.5, 0.6) is 0 Å². The number of nitrogens with one attached hydrogen (secondary N) is 1. The van der Waals surface area contributed by atoms with E-state index >= 15 is 0 Å². The minimum absolute atomic E-state index is 0.274. The first-order valence-electron chi connectivity index (χ1n) is 9.41. The van der Waals surface area contributed by atoms with Crippen molar-refractivity contribution in [1.82, 2.24) is 9.78 Å². The highest BCUT2D eigenvalue weighted by molar-refractivity contribution is 6.30. The van der Waals surface area contributed by atoms with E-state index in [4.69, 9.17) is 17.3 Å². The SMILES string of the molecule is NC(=O)Nc1ccc(-n2nc(C(F)(F)F)cc2-c2ccc(-c3ccc(Cl)cc3)cc2)cc1. The zero-order valence-electron chi connectivity index (χ0n) is 16.4. The molecular weight excluding hydrogens is 441 g/mol. The molecule has 162 valence electrons. The summed E-state index contributed by atoms with van der Waals surface area (Å²) >= 11 is 5.93. The minimum atomic E-state index is -4.60. The largest absolute Gasteiger partial charge is 0.435 e. The average molecular weight is 457 g/mol. The van der Waals surface area contributed by atoms with E-state index < -0.39 is 17.9 Å². The molecule has 0 spiro atoms. The van der Waals surface area contributed by atoms with E-state index in [1.165, 1.54) is 16.8 Å². The van der Waals surface area contributed by atoms with Gasteiger partial charge in [-0.3, -0.25) is 0 Å². The fourth-order valence-electron chi connectivity index (χ4n) is 3.23. The number of alkyl halides is 3. The van der Waals surface area contributed by atoms with Crippen molar-refractivity contribution < 1.29 is 18.0 Å². The van der Waals surface area contributed by atoms with E-state index in [0.29, 0.717) is 22.0 Å². The highest BCUT2D eigenvalue weighted by Crippen LogP contribution is 2.34. The van der Waals surface area contributed by atoms with E-state index in [1.54, 1.807) is 36.4 Å². The van der Waals surface area contributed by atoms with Gasteiger partial charge in [0.2, 0.25) is 0 Å². The van der Waals surface area contributed by atoms with E-state index in [2.05, 4.69) is 10.4 Å². The molecule has 9 heteroatoms. The van der Waals surface area contributed by atoms with Gasteiger partial charge in [0.05, 0.1) is 11.4 Å². The molecule has 0 aliphatic heterocycles. The first kappa shape index (κ1) is 21.5. The highest BCUT2D eigenvalue weighted by atomic mass is 35.5. The average Bonchev–Trinajstić information content (AvgIpc) is 3.21. The highest BCUT2D eigenvalue weighted by Gasteiger charge is 2.35. The predicted molar refractivity (Wildman–Crippen MR) is 118 cm³/mol. The number of urea groups is 1. The lowest BCUT2D eigenvalue weighted by Crippen LogP contribution is -2.19. The topological polar surface area (TPSA) is 72.9 Å². The maximum atomic E-state index is 13.4. The fraction of sp³-hybridized carbons (Fsp3) is 0.0435. The maximum Gasteiger partial charge on any atom is 0.435 e. The Morgan fingerprint density at radius 3 is 1.94 bits per heavy atom. The van der Waals surface area contributed by atoms with Gasteiger partial charge in [-0.2, -0.15) is 18.3 Å². The quantitative estimate of drug-likeness (QED) is 0.374.